The van der Waals surface area contributed by atoms with Gasteiger partial charge < -0.3 is 5.32 Å². The fourth-order valence-corrected chi connectivity index (χ4v) is 2.24. The van der Waals surface area contributed by atoms with E-state index in [4.69, 9.17) is 0 Å². The van der Waals surface area contributed by atoms with Gasteiger partial charge in [0.2, 0.25) is 0 Å². The lowest BCUT2D eigenvalue weighted by Crippen LogP contribution is -2.39. The maximum atomic E-state index is 13.3. The van der Waals surface area contributed by atoms with E-state index < -0.39 is 5.67 Å². The van der Waals surface area contributed by atoms with Gasteiger partial charge in [-0.05, 0) is 43.9 Å². The fraction of sp³-hybridized carbons (Fsp3) is 1.00. The minimum atomic E-state index is -0.826. The summed E-state index contributed by atoms with van der Waals surface area (Å²) < 4.78 is 13.3. The molecule has 2 aliphatic carbocycles. The molecule has 0 aliphatic heterocycles. The Labute approximate surface area is 86.5 Å². The average molecular weight is 199 g/mol. The lowest BCUT2D eigenvalue weighted by Gasteiger charge is -2.35. The summed E-state index contributed by atoms with van der Waals surface area (Å²) in [4.78, 5) is 0. The Balaban J connectivity index is 1.68. The van der Waals surface area contributed by atoms with Crippen LogP contribution in [0.3, 0.4) is 0 Å². The molecular weight excluding hydrogens is 177 g/mol. The standard InChI is InChI=1S/C12H22FN/c1-11(2)5-3-10(4-6-11)14-9-12(13)7-8-12/h10,14H,3-9H2,1-2H3. The molecule has 0 heterocycles. The normalized spacial score (nSPS) is 30.2. The lowest BCUT2D eigenvalue weighted by molar-refractivity contribution is 0.193. The number of nitrogens with one attached hydrogen (secondary N) is 1. The van der Waals surface area contributed by atoms with Gasteiger partial charge in [0.25, 0.3) is 0 Å². The Bertz CT molecular complexity index is 198. The summed E-state index contributed by atoms with van der Waals surface area (Å²) in [6.07, 6.45) is 6.57. The number of hydrogen-bond donors (Lipinski definition) is 1. The van der Waals surface area contributed by atoms with Crippen molar-refractivity contribution in [1.82, 2.24) is 5.32 Å². The van der Waals surface area contributed by atoms with Crippen LogP contribution in [0.25, 0.3) is 0 Å². The monoisotopic (exact) mass is 199 g/mol. The highest BCUT2D eigenvalue weighted by Crippen LogP contribution is 2.40. The summed E-state index contributed by atoms with van der Waals surface area (Å²) >= 11 is 0. The van der Waals surface area contributed by atoms with Gasteiger partial charge in [-0.3, -0.25) is 0 Å². The van der Waals surface area contributed by atoms with E-state index in [-0.39, 0.29) is 0 Å². The van der Waals surface area contributed by atoms with E-state index in [9.17, 15) is 4.39 Å². The van der Waals surface area contributed by atoms with Crippen molar-refractivity contribution in [2.75, 3.05) is 6.54 Å². The van der Waals surface area contributed by atoms with Gasteiger partial charge in [0, 0.05) is 12.6 Å². The van der Waals surface area contributed by atoms with Crippen LogP contribution < -0.4 is 5.32 Å². The molecule has 1 N–H and O–H groups in total. The summed E-state index contributed by atoms with van der Waals surface area (Å²) in [5.41, 5.74) is -0.307. The van der Waals surface area contributed by atoms with Crippen molar-refractivity contribution >= 4 is 0 Å². The van der Waals surface area contributed by atoms with Gasteiger partial charge in [-0.2, -0.15) is 0 Å². The van der Waals surface area contributed by atoms with Crippen molar-refractivity contribution < 1.29 is 4.39 Å². The largest absolute Gasteiger partial charge is 0.311 e. The summed E-state index contributed by atoms with van der Waals surface area (Å²) in [5, 5.41) is 3.39. The molecule has 0 aromatic heterocycles. The second-order valence-electron chi connectivity index (χ2n) is 5.97. The number of hydrogen-bond acceptors (Lipinski definition) is 1. The molecule has 1 nitrogen and oxygen atoms in total. The molecule has 2 saturated carbocycles. The first-order valence-corrected chi connectivity index (χ1v) is 5.92. The SMILES string of the molecule is CC1(C)CCC(NCC2(F)CC2)CC1. The van der Waals surface area contributed by atoms with Crippen LogP contribution in [0.2, 0.25) is 0 Å². The smallest absolute Gasteiger partial charge is 0.123 e. The molecule has 0 aromatic rings. The predicted octanol–water partition coefficient (Wildman–Crippen LogP) is 3.05. The molecule has 2 aliphatic rings. The lowest BCUT2D eigenvalue weighted by atomic mass is 9.75. The molecule has 0 radical (unpaired) electrons. The van der Waals surface area contributed by atoms with Crippen LogP contribution in [0.15, 0.2) is 0 Å². The maximum Gasteiger partial charge on any atom is 0.123 e. The first-order valence-electron chi connectivity index (χ1n) is 5.92. The van der Waals surface area contributed by atoms with Gasteiger partial charge in [-0.1, -0.05) is 13.8 Å². The number of alkyl halides is 1. The van der Waals surface area contributed by atoms with Crippen LogP contribution in [0, 0.1) is 5.41 Å². The van der Waals surface area contributed by atoms with Crippen LogP contribution in [-0.4, -0.2) is 18.3 Å². The van der Waals surface area contributed by atoms with Crippen molar-refractivity contribution in [2.24, 2.45) is 5.41 Å². The topological polar surface area (TPSA) is 12.0 Å². The van der Waals surface area contributed by atoms with Gasteiger partial charge in [0.1, 0.15) is 5.67 Å². The van der Waals surface area contributed by atoms with Crippen LogP contribution in [0.1, 0.15) is 52.4 Å². The second kappa shape index (κ2) is 3.48. The van der Waals surface area contributed by atoms with Gasteiger partial charge in [-0.15, -0.1) is 0 Å². The second-order valence-corrected chi connectivity index (χ2v) is 5.97. The summed E-state index contributed by atoms with van der Waals surface area (Å²) in [6.45, 7) is 5.26. The molecule has 0 amide bonds. The highest BCUT2D eigenvalue weighted by molar-refractivity contribution is 4.97. The van der Waals surface area contributed by atoms with Crippen molar-refractivity contribution in [3.05, 3.63) is 0 Å². The molecule has 0 saturated heterocycles. The maximum absolute atomic E-state index is 13.3. The van der Waals surface area contributed by atoms with Crippen LogP contribution in [0.4, 0.5) is 4.39 Å². The third-order valence-corrected chi connectivity index (χ3v) is 3.84. The number of rotatable bonds is 3. The Morgan fingerprint density at radius 1 is 1.14 bits per heavy atom. The zero-order valence-corrected chi connectivity index (χ0v) is 9.41. The average Bonchev–Trinajstić information content (AvgIpc) is 2.83. The first kappa shape index (κ1) is 10.4. The first-order chi connectivity index (χ1) is 6.49. The van der Waals surface area contributed by atoms with Gasteiger partial charge in [0.05, 0.1) is 0 Å². The Morgan fingerprint density at radius 3 is 2.21 bits per heavy atom. The minimum absolute atomic E-state index is 0.519. The Kier molecular flexibility index (Phi) is 2.59. The molecule has 82 valence electrons. The van der Waals surface area contributed by atoms with E-state index in [0.29, 0.717) is 18.0 Å². The van der Waals surface area contributed by atoms with Crippen LogP contribution in [-0.2, 0) is 0 Å². The minimum Gasteiger partial charge on any atom is -0.311 e. The molecule has 2 heteroatoms. The van der Waals surface area contributed by atoms with Crippen molar-refractivity contribution in [2.45, 2.75) is 64.1 Å². The molecule has 14 heavy (non-hydrogen) atoms. The molecule has 0 aromatic carbocycles. The molecule has 2 fully saturated rings. The van der Waals surface area contributed by atoms with E-state index in [1.54, 1.807) is 0 Å². The molecule has 0 atom stereocenters. The van der Waals surface area contributed by atoms with Gasteiger partial charge in [0.15, 0.2) is 0 Å². The van der Waals surface area contributed by atoms with Gasteiger partial charge >= 0.3 is 0 Å². The zero-order chi connectivity index (χ0) is 10.2. The molecule has 0 spiro atoms. The van der Waals surface area contributed by atoms with Crippen LogP contribution in [0.5, 0.6) is 0 Å². The highest BCUT2D eigenvalue weighted by atomic mass is 19.1. The Morgan fingerprint density at radius 2 is 1.71 bits per heavy atom. The fourth-order valence-electron chi connectivity index (χ4n) is 2.24. The summed E-state index contributed by atoms with van der Waals surface area (Å²) in [5.74, 6) is 0. The van der Waals surface area contributed by atoms with Crippen molar-refractivity contribution in [1.29, 1.82) is 0 Å². The third-order valence-electron chi connectivity index (χ3n) is 3.84. The van der Waals surface area contributed by atoms with Crippen LogP contribution >= 0.6 is 0 Å². The summed E-state index contributed by atoms with van der Waals surface area (Å²) in [7, 11) is 0. The Hall–Kier alpha value is -0.110. The van der Waals surface area contributed by atoms with E-state index in [1.165, 1.54) is 25.7 Å². The quantitative estimate of drug-likeness (QED) is 0.736. The number of halogens is 1. The highest BCUT2D eigenvalue weighted by Gasteiger charge is 2.43. The molecule has 0 unspecified atom stereocenters. The van der Waals surface area contributed by atoms with E-state index >= 15 is 0 Å². The molecule has 2 rings (SSSR count). The van der Waals surface area contributed by atoms with E-state index in [0.717, 1.165) is 12.8 Å². The molecule has 0 bridgehead atoms. The van der Waals surface area contributed by atoms with E-state index in [2.05, 4.69) is 19.2 Å². The van der Waals surface area contributed by atoms with Gasteiger partial charge in [-0.25, -0.2) is 4.39 Å². The zero-order valence-electron chi connectivity index (χ0n) is 9.41. The van der Waals surface area contributed by atoms with Crippen molar-refractivity contribution in [3.63, 3.8) is 0 Å². The predicted molar refractivity (Wildman–Crippen MR) is 57.1 cm³/mol. The summed E-state index contributed by atoms with van der Waals surface area (Å²) in [6, 6.07) is 0.580. The van der Waals surface area contributed by atoms with Crippen molar-refractivity contribution in [3.8, 4) is 0 Å². The third kappa shape index (κ3) is 2.69. The van der Waals surface area contributed by atoms with E-state index in [1.807, 2.05) is 0 Å². The molecular formula is C12H22FN.